The van der Waals surface area contributed by atoms with Gasteiger partial charge in [-0.2, -0.15) is 13.2 Å². The number of aliphatic hydroxyl groups is 4. The highest BCUT2D eigenvalue weighted by atomic mass is 19.4. The standard InChI is InChI=1S/C14H25F3O6/c1-8(2,3)11(19)10(7,18)22-12(20,9(4,5)6)13(21,23-11)14(15,16)17/h18-21H,1-7H3/t10-,11+,12+,13+/m1/s1. The van der Waals surface area contributed by atoms with E-state index in [2.05, 4.69) is 4.74 Å². The minimum atomic E-state index is -5.52. The van der Waals surface area contributed by atoms with Gasteiger partial charge in [-0.3, -0.25) is 4.74 Å². The second-order valence-corrected chi connectivity index (χ2v) is 8.12. The van der Waals surface area contributed by atoms with Gasteiger partial charge in [0, 0.05) is 10.8 Å². The summed E-state index contributed by atoms with van der Waals surface area (Å²) in [6, 6.07) is 0. The summed E-state index contributed by atoms with van der Waals surface area (Å²) in [5.74, 6) is -13.4. The van der Waals surface area contributed by atoms with Gasteiger partial charge in [-0.15, -0.1) is 0 Å². The molecule has 0 aliphatic carbocycles. The van der Waals surface area contributed by atoms with E-state index in [1.807, 2.05) is 0 Å². The third-order valence-corrected chi connectivity index (χ3v) is 4.15. The first kappa shape index (κ1) is 20.6. The number of rotatable bonds is 0. The summed E-state index contributed by atoms with van der Waals surface area (Å²) >= 11 is 0. The lowest BCUT2D eigenvalue weighted by Gasteiger charge is -2.62. The molecule has 0 saturated carbocycles. The van der Waals surface area contributed by atoms with E-state index in [0.29, 0.717) is 0 Å². The first-order chi connectivity index (χ1) is 9.66. The molecule has 4 N–H and O–H groups in total. The van der Waals surface area contributed by atoms with Crippen molar-refractivity contribution in [1.29, 1.82) is 0 Å². The minimum absolute atomic E-state index is 0.852. The Labute approximate surface area is 132 Å². The van der Waals surface area contributed by atoms with Crippen LogP contribution in [0.5, 0.6) is 0 Å². The summed E-state index contributed by atoms with van der Waals surface area (Å²) in [6.45, 7) is 8.17. The Morgan fingerprint density at radius 1 is 0.652 bits per heavy atom. The van der Waals surface area contributed by atoms with Crippen LogP contribution in [0.4, 0.5) is 13.2 Å². The van der Waals surface area contributed by atoms with Gasteiger partial charge in [0.25, 0.3) is 0 Å². The lowest BCUT2D eigenvalue weighted by Crippen LogP contribution is -2.83. The monoisotopic (exact) mass is 346 g/mol. The molecular weight excluding hydrogens is 321 g/mol. The van der Waals surface area contributed by atoms with E-state index in [-0.39, 0.29) is 0 Å². The van der Waals surface area contributed by atoms with Crippen molar-refractivity contribution < 1.29 is 43.1 Å². The number of hydrogen-bond donors (Lipinski definition) is 4. The maximum absolute atomic E-state index is 13.5. The summed E-state index contributed by atoms with van der Waals surface area (Å²) in [5, 5.41) is 41.7. The highest BCUT2D eigenvalue weighted by molar-refractivity contribution is 5.09. The van der Waals surface area contributed by atoms with Gasteiger partial charge >= 0.3 is 12.0 Å². The van der Waals surface area contributed by atoms with Gasteiger partial charge in [-0.1, -0.05) is 41.5 Å². The van der Waals surface area contributed by atoms with Crippen LogP contribution in [0.1, 0.15) is 48.5 Å². The predicted molar refractivity (Wildman–Crippen MR) is 72.6 cm³/mol. The van der Waals surface area contributed by atoms with Crippen LogP contribution >= 0.6 is 0 Å². The molecule has 0 unspecified atom stereocenters. The van der Waals surface area contributed by atoms with Gasteiger partial charge in [-0.25, -0.2) is 0 Å². The lowest BCUT2D eigenvalue weighted by molar-refractivity contribution is -0.617. The van der Waals surface area contributed by atoms with Crippen LogP contribution in [0.3, 0.4) is 0 Å². The van der Waals surface area contributed by atoms with Crippen LogP contribution in [-0.2, 0) is 9.47 Å². The largest absolute Gasteiger partial charge is 0.449 e. The van der Waals surface area contributed by atoms with Crippen molar-refractivity contribution >= 4 is 0 Å². The van der Waals surface area contributed by atoms with Crippen molar-refractivity contribution in [2.24, 2.45) is 10.8 Å². The number of alkyl halides is 3. The van der Waals surface area contributed by atoms with Gasteiger partial charge in [0.1, 0.15) is 0 Å². The van der Waals surface area contributed by atoms with Crippen LogP contribution in [-0.4, -0.2) is 49.8 Å². The highest BCUT2D eigenvalue weighted by Gasteiger charge is 2.82. The molecule has 138 valence electrons. The zero-order valence-electron chi connectivity index (χ0n) is 14.2. The van der Waals surface area contributed by atoms with Crippen molar-refractivity contribution in [3.63, 3.8) is 0 Å². The molecule has 0 spiro atoms. The van der Waals surface area contributed by atoms with Crippen LogP contribution < -0.4 is 0 Å². The molecule has 1 heterocycles. The summed E-state index contributed by atoms with van der Waals surface area (Å²) in [6.07, 6.45) is -5.52. The van der Waals surface area contributed by atoms with E-state index in [0.717, 1.165) is 27.7 Å². The SMILES string of the molecule is CC(C)(C)[C@]1(O)O[C@](O)(C(F)(F)F)[C@](O)(C(C)(C)C)O[C@@]1(C)O. The topological polar surface area (TPSA) is 99.4 Å². The van der Waals surface area contributed by atoms with Gasteiger partial charge in [0.2, 0.25) is 17.4 Å². The zero-order valence-corrected chi connectivity index (χ0v) is 14.2. The molecule has 1 saturated heterocycles. The fraction of sp³-hybridized carbons (Fsp3) is 1.00. The van der Waals surface area contributed by atoms with Gasteiger partial charge in [0.05, 0.1) is 0 Å². The third-order valence-electron chi connectivity index (χ3n) is 4.15. The van der Waals surface area contributed by atoms with E-state index in [4.69, 9.17) is 4.74 Å². The van der Waals surface area contributed by atoms with E-state index in [1.165, 1.54) is 20.8 Å². The Morgan fingerprint density at radius 3 is 1.26 bits per heavy atom. The highest BCUT2D eigenvalue weighted by Crippen LogP contribution is 2.59. The molecule has 23 heavy (non-hydrogen) atoms. The maximum Gasteiger partial charge on any atom is 0.449 e. The van der Waals surface area contributed by atoms with Crippen LogP contribution in [0.2, 0.25) is 0 Å². The predicted octanol–water partition coefficient (Wildman–Crippen LogP) is 1.46. The van der Waals surface area contributed by atoms with Crippen LogP contribution in [0.15, 0.2) is 0 Å². The van der Waals surface area contributed by atoms with E-state index >= 15 is 0 Å². The summed E-state index contributed by atoms with van der Waals surface area (Å²) in [4.78, 5) is 0. The molecule has 0 bridgehead atoms. The Morgan fingerprint density at radius 2 is 1.00 bits per heavy atom. The molecule has 0 aromatic heterocycles. The smallest absolute Gasteiger partial charge is 0.361 e. The minimum Gasteiger partial charge on any atom is -0.361 e. The maximum atomic E-state index is 13.5. The Hall–Kier alpha value is -0.450. The van der Waals surface area contributed by atoms with Gasteiger partial charge in [-0.05, 0) is 6.92 Å². The molecule has 1 fully saturated rings. The second-order valence-electron chi connectivity index (χ2n) is 8.12. The number of halogens is 3. The molecule has 0 aromatic carbocycles. The van der Waals surface area contributed by atoms with Crippen molar-refractivity contribution in [1.82, 2.24) is 0 Å². The molecule has 1 aliphatic rings. The normalized spacial score (nSPS) is 43.6. The first-order valence-corrected chi connectivity index (χ1v) is 7.03. The van der Waals surface area contributed by atoms with Crippen molar-refractivity contribution in [2.75, 3.05) is 0 Å². The van der Waals surface area contributed by atoms with Crippen LogP contribution in [0, 0.1) is 10.8 Å². The Kier molecular flexibility index (Phi) is 4.30. The fourth-order valence-electron chi connectivity index (χ4n) is 2.56. The number of ether oxygens (including phenoxy) is 2. The summed E-state index contributed by atoms with van der Waals surface area (Å²) in [5.41, 5.74) is -3.24. The zero-order chi connectivity index (χ0) is 18.9. The number of hydrogen-bond acceptors (Lipinski definition) is 6. The van der Waals surface area contributed by atoms with Gasteiger partial charge in [0.15, 0.2) is 0 Å². The molecule has 0 aromatic rings. The van der Waals surface area contributed by atoms with Crippen LogP contribution in [0.25, 0.3) is 0 Å². The van der Waals surface area contributed by atoms with E-state index in [9.17, 15) is 33.6 Å². The molecule has 0 amide bonds. The first-order valence-electron chi connectivity index (χ1n) is 7.03. The molecule has 0 radical (unpaired) electrons. The summed E-state index contributed by atoms with van der Waals surface area (Å²) in [7, 11) is 0. The molecule has 1 rings (SSSR count). The molecule has 6 nitrogen and oxygen atoms in total. The third kappa shape index (κ3) is 2.58. The molecule has 1 aliphatic heterocycles. The lowest BCUT2D eigenvalue weighted by atomic mass is 9.74. The summed E-state index contributed by atoms with van der Waals surface area (Å²) < 4.78 is 50.1. The average molecular weight is 346 g/mol. The molecule has 4 atom stereocenters. The van der Waals surface area contributed by atoms with Crippen molar-refractivity contribution in [2.45, 2.75) is 77.8 Å². The second kappa shape index (κ2) is 4.80. The molecule has 9 heteroatoms. The Balaban J connectivity index is 3.71. The molecular formula is C14H25F3O6. The average Bonchev–Trinajstić information content (AvgIpc) is 2.21. The van der Waals surface area contributed by atoms with Crippen molar-refractivity contribution in [3.8, 4) is 0 Å². The van der Waals surface area contributed by atoms with Crippen molar-refractivity contribution in [3.05, 3.63) is 0 Å². The van der Waals surface area contributed by atoms with E-state index < -0.39 is 40.2 Å². The van der Waals surface area contributed by atoms with Gasteiger partial charge < -0.3 is 25.2 Å². The Bertz CT molecular complexity index is 478. The van der Waals surface area contributed by atoms with E-state index in [1.54, 1.807) is 0 Å². The quantitative estimate of drug-likeness (QED) is 0.530. The fourth-order valence-corrected chi connectivity index (χ4v) is 2.56.